The van der Waals surface area contributed by atoms with Crippen LogP contribution in [-0.2, 0) is 14.8 Å². The molecule has 0 aliphatic carbocycles. The molecular weight excluding hydrogens is 264 g/mol. The number of hydrogen-bond acceptors (Lipinski definition) is 4. The topological polar surface area (TPSA) is 72.6 Å². The van der Waals surface area contributed by atoms with Crippen molar-refractivity contribution in [3.8, 4) is 0 Å². The average Bonchev–Trinajstić information content (AvgIpc) is 2.34. The van der Waals surface area contributed by atoms with Crippen molar-refractivity contribution >= 4 is 10.0 Å². The lowest BCUT2D eigenvalue weighted by Gasteiger charge is -2.39. The van der Waals surface area contributed by atoms with Gasteiger partial charge in [-0.15, -0.1) is 0 Å². The molecule has 0 aromatic heterocycles. The highest BCUT2D eigenvalue weighted by molar-refractivity contribution is 7.89. The SMILES string of the molecule is CCCN(C(C)(CC)CN)S(=O)(=O)CCOC(C)C. The van der Waals surface area contributed by atoms with Crippen LogP contribution in [0.4, 0.5) is 0 Å². The van der Waals surface area contributed by atoms with Crippen LogP contribution in [-0.4, -0.2) is 49.8 Å². The molecule has 0 aliphatic rings. The van der Waals surface area contributed by atoms with Crippen molar-refractivity contribution in [1.82, 2.24) is 4.31 Å². The Morgan fingerprint density at radius 1 is 1.32 bits per heavy atom. The van der Waals surface area contributed by atoms with Gasteiger partial charge < -0.3 is 10.5 Å². The van der Waals surface area contributed by atoms with Gasteiger partial charge in [0.25, 0.3) is 0 Å². The minimum absolute atomic E-state index is 0.0147. The Labute approximate surface area is 118 Å². The minimum atomic E-state index is -3.33. The monoisotopic (exact) mass is 294 g/mol. The van der Waals surface area contributed by atoms with Crippen LogP contribution < -0.4 is 5.73 Å². The van der Waals surface area contributed by atoms with Gasteiger partial charge in [0.2, 0.25) is 10.0 Å². The van der Waals surface area contributed by atoms with E-state index in [4.69, 9.17) is 10.5 Å². The summed E-state index contributed by atoms with van der Waals surface area (Å²) in [5, 5.41) is 0. The Bertz CT molecular complexity index is 338. The third-order valence-electron chi connectivity index (χ3n) is 3.36. The largest absolute Gasteiger partial charge is 0.378 e. The van der Waals surface area contributed by atoms with Crippen LogP contribution in [0, 0.1) is 0 Å². The first-order valence-corrected chi connectivity index (χ1v) is 8.66. The summed E-state index contributed by atoms with van der Waals surface area (Å²) in [5.74, 6) is 0.0147. The minimum Gasteiger partial charge on any atom is -0.378 e. The molecule has 1 atom stereocenters. The van der Waals surface area contributed by atoms with E-state index in [2.05, 4.69) is 0 Å². The zero-order chi connectivity index (χ0) is 15.1. The molecule has 0 saturated heterocycles. The highest BCUT2D eigenvalue weighted by Gasteiger charge is 2.36. The van der Waals surface area contributed by atoms with E-state index in [9.17, 15) is 8.42 Å². The van der Waals surface area contributed by atoms with Crippen molar-refractivity contribution in [2.45, 2.75) is 59.1 Å². The second-order valence-electron chi connectivity index (χ2n) is 5.36. The van der Waals surface area contributed by atoms with Crippen LogP contribution in [0.2, 0.25) is 0 Å². The van der Waals surface area contributed by atoms with Gasteiger partial charge >= 0.3 is 0 Å². The smallest absolute Gasteiger partial charge is 0.216 e. The van der Waals surface area contributed by atoms with Gasteiger partial charge in [-0.2, -0.15) is 4.31 Å². The van der Waals surface area contributed by atoms with E-state index in [1.54, 1.807) is 4.31 Å². The number of rotatable bonds is 10. The first-order chi connectivity index (χ1) is 8.73. The molecular formula is C13H30N2O3S. The van der Waals surface area contributed by atoms with Crippen molar-refractivity contribution in [2.24, 2.45) is 5.73 Å². The summed E-state index contributed by atoms with van der Waals surface area (Å²) in [6.07, 6.45) is 1.52. The molecule has 0 heterocycles. The van der Waals surface area contributed by atoms with Gasteiger partial charge in [-0.05, 0) is 33.6 Å². The average molecular weight is 294 g/mol. The molecule has 19 heavy (non-hydrogen) atoms. The number of nitrogens with two attached hydrogens (primary N) is 1. The van der Waals surface area contributed by atoms with Crippen molar-refractivity contribution in [3.63, 3.8) is 0 Å². The van der Waals surface area contributed by atoms with Gasteiger partial charge in [-0.25, -0.2) is 8.42 Å². The lowest BCUT2D eigenvalue weighted by molar-refractivity contribution is 0.0898. The maximum Gasteiger partial charge on any atom is 0.216 e. The summed E-state index contributed by atoms with van der Waals surface area (Å²) in [6.45, 7) is 10.7. The van der Waals surface area contributed by atoms with Crippen molar-refractivity contribution in [3.05, 3.63) is 0 Å². The van der Waals surface area contributed by atoms with Crippen LogP contribution in [0.3, 0.4) is 0 Å². The molecule has 116 valence electrons. The molecule has 0 aromatic carbocycles. The van der Waals surface area contributed by atoms with Crippen LogP contribution in [0.5, 0.6) is 0 Å². The zero-order valence-electron chi connectivity index (χ0n) is 13.0. The predicted molar refractivity (Wildman–Crippen MR) is 79.6 cm³/mol. The second kappa shape index (κ2) is 8.19. The summed E-state index contributed by atoms with van der Waals surface area (Å²) in [4.78, 5) is 0. The Morgan fingerprint density at radius 2 is 1.89 bits per heavy atom. The van der Waals surface area contributed by atoms with Crippen LogP contribution in [0.25, 0.3) is 0 Å². The Hall–Kier alpha value is -0.170. The standard InChI is InChI=1S/C13H30N2O3S/c1-6-8-15(13(5,7-2)11-14)19(16,17)10-9-18-12(3)4/h12H,6-11,14H2,1-5H3. The van der Waals surface area contributed by atoms with Crippen molar-refractivity contribution in [2.75, 3.05) is 25.4 Å². The second-order valence-corrected chi connectivity index (χ2v) is 7.38. The summed E-state index contributed by atoms with van der Waals surface area (Å²) >= 11 is 0. The fraction of sp³-hybridized carbons (Fsp3) is 1.00. The molecule has 5 nitrogen and oxygen atoms in total. The maximum absolute atomic E-state index is 12.5. The summed E-state index contributed by atoms with van der Waals surface area (Å²) < 4.78 is 31.8. The molecule has 0 aliphatic heterocycles. The summed E-state index contributed by atoms with van der Waals surface area (Å²) in [6, 6.07) is 0. The number of ether oxygens (including phenoxy) is 1. The van der Waals surface area contributed by atoms with Gasteiger partial charge in [0, 0.05) is 18.6 Å². The van der Waals surface area contributed by atoms with Crippen LogP contribution >= 0.6 is 0 Å². The fourth-order valence-electron chi connectivity index (χ4n) is 1.87. The molecule has 0 fully saturated rings. The van der Waals surface area contributed by atoms with Crippen LogP contribution in [0.1, 0.15) is 47.5 Å². The number of sulfonamides is 1. The van der Waals surface area contributed by atoms with Gasteiger partial charge in [-0.1, -0.05) is 13.8 Å². The van der Waals surface area contributed by atoms with Crippen LogP contribution in [0.15, 0.2) is 0 Å². The van der Waals surface area contributed by atoms with E-state index in [0.29, 0.717) is 19.5 Å². The van der Waals surface area contributed by atoms with Gasteiger partial charge in [0.15, 0.2) is 0 Å². The fourth-order valence-corrected chi connectivity index (χ4v) is 3.73. The zero-order valence-corrected chi connectivity index (χ0v) is 13.8. The normalized spacial score (nSPS) is 16.0. The number of hydrogen-bond donors (Lipinski definition) is 1. The first kappa shape index (κ1) is 18.8. The molecule has 0 saturated carbocycles. The highest BCUT2D eigenvalue weighted by atomic mass is 32.2. The third-order valence-corrected chi connectivity index (χ3v) is 5.34. The van der Waals surface area contributed by atoms with E-state index < -0.39 is 15.6 Å². The molecule has 1 unspecified atom stereocenters. The Balaban J connectivity index is 4.95. The molecule has 0 rings (SSSR count). The Morgan fingerprint density at radius 3 is 2.26 bits per heavy atom. The lowest BCUT2D eigenvalue weighted by atomic mass is 9.99. The van der Waals surface area contributed by atoms with E-state index in [0.717, 1.165) is 6.42 Å². The summed E-state index contributed by atoms with van der Waals surface area (Å²) in [7, 11) is -3.33. The molecule has 2 N–H and O–H groups in total. The van der Waals surface area contributed by atoms with E-state index in [-0.39, 0.29) is 18.5 Å². The van der Waals surface area contributed by atoms with E-state index in [1.165, 1.54) is 0 Å². The van der Waals surface area contributed by atoms with Gasteiger partial charge in [0.1, 0.15) is 0 Å². The predicted octanol–water partition coefficient (Wildman–Crippen LogP) is 1.58. The van der Waals surface area contributed by atoms with E-state index >= 15 is 0 Å². The quantitative estimate of drug-likeness (QED) is 0.664. The van der Waals surface area contributed by atoms with Crippen molar-refractivity contribution in [1.29, 1.82) is 0 Å². The van der Waals surface area contributed by atoms with Gasteiger partial charge in [0.05, 0.1) is 18.5 Å². The number of nitrogens with zero attached hydrogens (tertiary/aromatic N) is 1. The van der Waals surface area contributed by atoms with Gasteiger partial charge in [-0.3, -0.25) is 0 Å². The maximum atomic E-state index is 12.5. The molecule has 0 aromatic rings. The molecule has 0 radical (unpaired) electrons. The molecule has 0 spiro atoms. The van der Waals surface area contributed by atoms with Crippen molar-refractivity contribution < 1.29 is 13.2 Å². The molecule has 0 bridgehead atoms. The molecule has 0 amide bonds. The lowest BCUT2D eigenvalue weighted by Crippen LogP contribution is -2.55. The third kappa shape index (κ3) is 5.77. The van der Waals surface area contributed by atoms with E-state index in [1.807, 2.05) is 34.6 Å². The summed E-state index contributed by atoms with van der Waals surface area (Å²) in [5.41, 5.74) is 5.28. The first-order valence-electron chi connectivity index (χ1n) is 7.05. The highest BCUT2D eigenvalue weighted by Crippen LogP contribution is 2.22. The molecule has 6 heteroatoms. The Kier molecular flexibility index (Phi) is 8.12.